The molecule has 0 amide bonds. The van der Waals surface area contributed by atoms with Gasteiger partial charge in [-0.25, -0.2) is 4.98 Å². The van der Waals surface area contributed by atoms with E-state index in [4.69, 9.17) is 11.6 Å². The molecule has 0 aromatic carbocycles. The molecule has 0 saturated heterocycles. The van der Waals surface area contributed by atoms with E-state index in [1.165, 1.54) is 17.7 Å². The lowest BCUT2D eigenvalue weighted by atomic mass is 10.2. The van der Waals surface area contributed by atoms with Crippen LogP contribution in [0.2, 0.25) is 5.02 Å². The van der Waals surface area contributed by atoms with Crippen LogP contribution in [0.3, 0.4) is 0 Å². The van der Waals surface area contributed by atoms with Crippen LogP contribution >= 0.6 is 22.9 Å². The maximum absolute atomic E-state index is 6.23. The van der Waals surface area contributed by atoms with Crippen LogP contribution in [0.25, 0.3) is 0 Å². The van der Waals surface area contributed by atoms with E-state index in [2.05, 4.69) is 45.8 Å². The molecular formula is C15H18ClN3S. The first-order chi connectivity index (χ1) is 9.72. The van der Waals surface area contributed by atoms with Gasteiger partial charge in [0.05, 0.1) is 11.6 Å². The number of pyridine rings is 1. The Morgan fingerprint density at radius 3 is 3.05 bits per heavy atom. The Kier molecular flexibility index (Phi) is 4.24. The molecule has 1 aliphatic carbocycles. The Morgan fingerprint density at radius 1 is 1.50 bits per heavy atom. The van der Waals surface area contributed by atoms with Gasteiger partial charge >= 0.3 is 0 Å². The quantitative estimate of drug-likeness (QED) is 0.882. The number of nitrogens with zero attached hydrogens (tertiary/aromatic N) is 2. The van der Waals surface area contributed by atoms with Crippen molar-refractivity contribution in [2.75, 3.05) is 11.9 Å². The van der Waals surface area contributed by atoms with E-state index in [0.717, 1.165) is 29.5 Å². The average molecular weight is 308 g/mol. The molecule has 2 aromatic rings. The largest absolute Gasteiger partial charge is 0.355 e. The van der Waals surface area contributed by atoms with Gasteiger partial charge in [0.1, 0.15) is 5.82 Å². The zero-order valence-electron chi connectivity index (χ0n) is 11.5. The van der Waals surface area contributed by atoms with E-state index in [1.54, 1.807) is 17.5 Å². The van der Waals surface area contributed by atoms with Gasteiger partial charge in [-0.3, -0.25) is 0 Å². The zero-order chi connectivity index (χ0) is 13.9. The van der Waals surface area contributed by atoms with Gasteiger partial charge in [-0.15, -0.1) is 11.3 Å². The third kappa shape index (κ3) is 3.51. The summed E-state index contributed by atoms with van der Waals surface area (Å²) < 4.78 is 0. The summed E-state index contributed by atoms with van der Waals surface area (Å²) in [6.07, 6.45) is 4.33. The molecular weight excluding hydrogens is 290 g/mol. The lowest BCUT2D eigenvalue weighted by Gasteiger charge is -2.18. The van der Waals surface area contributed by atoms with Crippen LogP contribution in [0.1, 0.15) is 23.3 Å². The molecule has 1 N–H and O–H groups in total. The molecule has 0 unspecified atom stereocenters. The number of rotatable bonds is 6. The van der Waals surface area contributed by atoms with Gasteiger partial charge in [-0.1, -0.05) is 17.7 Å². The van der Waals surface area contributed by atoms with Crippen molar-refractivity contribution in [3.63, 3.8) is 0 Å². The lowest BCUT2D eigenvalue weighted by Crippen LogP contribution is -2.19. The van der Waals surface area contributed by atoms with Gasteiger partial charge < -0.3 is 10.2 Å². The molecule has 0 atom stereocenters. The molecule has 0 aliphatic heterocycles. The number of hydrogen-bond donors (Lipinski definition) is 1. The smallest absolute Gasteiger partial charge is 0.128 e. The molecule has 2 heterocycles. The van der Waals surface area contributed by atoms with E-state index in [0.29, 0.717) is 6.04 Å². The summed E-state index contributed by atoms with van der Waals surface area (Å²) in [7, 11) is 2.06. The van der Waals surface area contributed by atoms with Crippen LogP contribution in [0.15, 0.2) is 29.8 Å². The van der Waals surface area contributed by atoms with Crippen LogP contribution in [0, 0.1) is 0 Å². The van der Waals surface area contributed by atoms with Gasteiger partial charge in [-0.2, -0.15) is 0 Å². The first kappa shape index (κ1) is 13.9. The minimum absolute atomic E-state index is 0.687. The number of aromatic nitrogens is 1. The fourth-order valence-corrected chi connectivity index (χ4v) is 3.00. The summed E-state index contributed by atoms with van der Waals surface area (Å²) in [5, 5.41) is 6.34. The van der Waals surface area contributed by atoms with Crippen molar-refractivity contribution in [2.45, 2.75) is 32.0 Å². The van der Waals surface area contributed by atoms with Crippen molar-refractivity contribution in [3.8, 4) is 0 Å². The normalized spacial score (nSPS) is 14.5. The van der Waals surface area contributed by atoms with Crippen molar-refractivity contribution < 1.29 is 0 Å². The summed E-state index contributed by atoms with van der Waals surface area (Å²) >= 11 is 8.00. The molecule has 5 heteroatoms. The Hall–Kier alpha value is -1.10. The molecule has 3 rings (SSSR count). The zero-order valence-corrected chi connectivity index (χ0v) is 13.0. The van der Waals surface area contributed by atoms with Gasteiger partial charge in [-0.05, 0) is 35.9 Å². The summed E-state index contributed by atoms with van der Waals surface area (Å²) in [4.78, 5) is 7.92. The van der Waals surface area contributed by atoms with Crippen molar-refractivity contribution in [1.82, 2.24) is 10.3 Å². The molecule has 0 radical (unpaired) electrons. The van der Waals surface area contributed by atoms with Crippen LogP contribution < -0.4 is 10.2 Å². The molecule has 20 heavy (non-hydrogen) atoms. The van der Waals surface area contributed by atoms with Gasteiger partial charge in [0.15, 0.2) is 0 Å². The number of nitrogens with one attached hydrogen (secondary N) is 1. The minimum atomic E-state index is 0.687. The van der Waals surface area contributed by atoms with E-state index in [9.17, 15) is 0 Å². The first-order valence-electron chi connectivity index (χ1n) is 6.83. The highest BCUT2D eigenvalue weighted by Crippen LogP contribution is 2.24. The Bertz CT molecular complexity index is 567. The Morgan fingerprint density at radius 2 is 2.35 bits per heavy atom. The molecule has 0 bridgehead atoms. The first-order valence-corrected chi connectivity index (χ1v) is 8.09. The van der Waals surface area contributed by atoms with E-state index >= 15 is 0 Å². The third-order valence-electron chi connectivity index (χ3n) is 3.44. The lowest BCUT2D eigenvalue weighted by molar-refractivity contribution is 0.687. The predicted octanol–water partition coefficient (Wildman–Crippen LogP) is 3.68. The monoisotopic (exact) mass is 307 g/mol. The van der Waals surface area contributed by atoms with E-state index in [1.807, 2.05) is 0 Å². The van der Waals surface area contributed by atoms with Gasteiger partial charge in [0.2, 0.25) is 0 Å². The molecule has 2 aromatic heterocycles. The highest BCUT2D eigenvalue weighted by Gasteiger charge is 2.20. The van der Waals surface area contributed by atoms with Crippen molar-refractivity contribution in [1.29, 1.82) is 0 Å². The number of hydrogen-bond acceptors (Lipinski definition) is 4. The second kappa shape index (κ2) is 6.12. The number of thiophene rings is 1. The second-order valence-electron chi connectivity index (χ2n) is 5.22. The maximum atomic E-state index is 6.23. The number of halogens is 1. The van der Waals surface area contributed by atoms with Crippen LogP contribution in [-0.2, 0) is 13.1 Å². The van der Waals surface area contributed by atoms with Crippen LogP contribution in [-0.4, -0.2) is 18.1 Å². The standard InChI is InChI=1S/C15H18ClN3S/c1-19(10-13-3-2-6-20-13)15-7-11(14(16)9-18-15)8-17-12-4-5-12/h2-3,6-7,9,12,17H,4-5,8,10H2,1H3. The highest BCUT2D eigenvalue weighted by molar-refractivity contribution is 7.09. The summed E-state index contributed by atoms with van der Waals surface area (Å²) in [5.41, 5.74) is 1.13. The number of anilines is 1. The van der Waals surface area contributed by atoms with E-state index < -0.39 is 0 Å². The molecule has 0 spiro atoms. The van der Waals surface area contributed by atoms with Crippen LogP contribution in [0.4, 0.5) is 5.82 Å². The maximum Gasteiger partial charge on any atom is 0.128 e. The summed E-state index contributed by atoms with van der Waals surface area (Å²) in [6.45, 7) is 1.70. The predicted molar refractivity (Wildman–Crippen MR) is 85.5 cm³/mol. The summed E-state index contributed by atoms with van der Waals surface area (Å²) in [5.74, 6) is 0.968. The Balaban J connectivity index is 1.69. The SMILES string of the molecule is CN(Cc1cccs1)c1cc(CNC2CC2)c(Cl)cn1. The van der Waals surface area contributed by atoms with Crippen molar-refractivity contribution in [2.24, 2.45) is 0 Å². The molecule has 106 valence electrons. The Labute approximate surface area is 128 Å². The average Bonchev–Trinajstić information content (AvgIpc) is 3.14. The highest BCUT2D eigenvalue weighted by atomic mass is 35.5. The van der Waals surface area contributed by atoms with Gasteiger partial charge in [0, 0.05) is 30.7 Å². The van der Waals surface area contributed by atoms with Crippen molar-refractivity contribution in [3.05, 3.63) is 45.2 Å². The van der Waals surface area contributed by atoms with Gasteiger partial charge in [0.25, 0.3) is 0 Å². The molecule has 1 aliphatic rings. The van der Waals surface area contributed by atoms with E-state index in [-0.39, 0.29) is 0 Å². The van der Waals surface area contributed by atoms with Crippen molar-refractivity contribution >= 4 is 28.8 Å². The second-order valence-corrected chi connectivity index (χ2v) is 6.66. The van der Waals surface area contributed by atoms with Crippen LogP contribution in [0.5, 0.6) is 0 Å². The molecule has 3 nitrogen and oxygen atoms in total. The fraction of sp³-hybridized carbons (Fsp3) is 0.400. The topological polar surface area (TPSA) is 28.2 Å². The summed E-state index contributed by atoms with van der Waals surface area (Å²) in [6, 6.07) is 7.00. The minimum Gasteiger partial charge on any atom is -0.355 e. The molecule has 1 fully saturated rings. The third-order valence-corrected chi connectivity index (χ3v) is 4.64. The fourth-order valence-electron chi connectivity index (χ4n) is 2.07. The molecule has 1 saturated carbocycles.